The molecule has 1 aliphatic heterocycles. The highest BCUT2D eigenvalue weighted by Crippen LogP contribution is 2.33. The maximum absolute atomic E-state index is 12.7. The Bertz CT molecular complexity index is 828. The van der Waals surface area contributed by atoms with Crippen LogP contribution >= 0.6 is 11.6 Å². The molecular formula is C19H21ClN4O2. The first kappa shape index (κ1) is 17.1. The van der Waals surface area contributed by atoms with Crippen molar-refractivity contribution in [2.45, 2.75) is 38.1 Å². The number of halogens is 1. The van der Waals surface area contributed by atoms with Crippen LogP contribution in [0.2, 0.25) is 5.02 Å². The van der Waals surface area contributed by atoms with Crippen LogP contribution in [-0.4, -0.2) is 28.1 Å². The molecule has 7 heteroatoms. The smallest absolute Gasteiger partial charge is 0.230 e. The van der Waals surface area contributed by atoms with Crippen LogP contribution in [0.5, 0.6) is 0 Å². The topological polar surface area (TPSA) is 67.2 Å². The Kier molecular flexibility index (Phi) is 4.68. The van der Waals surface area contributed by atoms with E-state index in [1.165, 1.54) is 12.8 Å². The summed E-state index contributed by atoms with van der Waals surface area (Å²) < 4.78 is 1.91. The van der Waals surface area contributed by atoms with Gasteiger partial charge in [0.1, 0.15) is 5.82 Å². The molecule has 0 radical (unpaired) electrons. The largest absolute Gasteiger partial charge is 0.311 e. The van der Waals surface area contributed by atoms with E-state index in [0.717, 1.165) is 12.8 Å². The van der Waals surface area contributed by atoms with Crippen LogP contribution in [0.15, 0.2) is 36.5 Å². The molecule has 1 saturated carbocycles. The number of nitrogens with one attached hydrogen (secondary N) is 1. The second-order valence-electron chi connectivity index (χ2n) is 6.95. The van der Waals surface area contributed by atoms with Gasteiger partial charge in [-0.2, -0.15) is 5.10 Å². The Balaban J connectivity index is 1.46. The first-order chi connectivity index (χ1) is 12.6. The molecule has 0 bridgehead atoms. The molecule has 1 aromatic heterocycles. The first-order valence-corrected chi connectivity index (χ1v) is 9.40. The predicted octanol–water partition coefficient (Wildman–Crippen LogP) is 3.64. The summed E-state index contributed by atoms with van der Waals surface area (Å²) >= 11 is 6.20. The molecule has 4 rings (SSSR count). The van der Waals surface area contributed by atoms with E-state index in [2.05, 4.69) is 10.4 Å². The van der Waals surface area contributed by atoms with Gasteiger partial charge in [-0.3, -0.25) is 9.59 Å². The van der Waals surface area contributed by atoms with E-state index in [1.54, 1.807) is 23.2 Å². The molecule has 2 aromatic rings. The zero-order valence-corrected chi connectivity index (χ0v) is 15.2. The minimum absolute atomic E-state index is 0.0810. The number of para-hydroxylation sites is 1. The van der Waals surface area contributed by atoms with Crippen molar-refractivity contribution in [2.24, 2.45) is 5.92 Å². The summed E-state index contributed by atoms with van der Waals surface area (Å²) in [7, 11) is 0. The normalized spacial score (nSPS) is 20.7. The van der Waals surface area contributed by atoms with Crippen molar-refractivity contribution in [3.8, 4) is 0 Å². The van der Waals surface area contributed by atoms with Crippen molar-refractivity contribution >= 4 is 34.9 Å². The molecule has 2 amide bonds. The minimum atomic E-state index is -0.397. The first-order valence-electron chi connectivity index (χ1n) is 9.03. The number of carbonyl (C=O) groups excluding carboxylic acids is 2. The van der Waals surface area contributed by atoms with E-state index >= 15 is 0 Å². The number of nitrogens with zero attached hydrogens (tertiary/aromatic N) is 3. The fourth-order valence-electron chi connectivity index (χ4n) is 3.87. The predicted molar refractivity (Wildman–Crippen MR) is 100 cm³/mol. The third-order valence-corrected chi connectivity index (χ3v) is 5.55. The van der Waals surface area contributed by atoms with Crippen molar-refractivity contribution in [3.05, 3.63) is 41.6 Å². The van der Waals surface area contributed by atoms with Gasteiger partial charge in [0.15, 0.2) is 0 Å². The van der Waals surface area contributed by atoms with Crippen LogP contribution in [0.3, 0.4) is 0 Å². The van der Waals surface area contributed by atoms with Crippen LogP contribution in [0.1, 0.15) is 38.1 Å². The maximum atomic E-state index is 12.7. The fourth-order valence-corrected chi connectivity index (χ4v) is 4.11. The molecule has 1 aromatic carbocycles. The standard InChI is InChI=1S/C19H21ClN4O2/c20-15-7-3-4-8-16(15)23-12-13(11-18(23)25)19(26)22-17-9-10-21-24(17)14-5-1-2-6-14/h3-4,7-10,13-14H,1-2,5-6,11-12H2,(H,22,26). The summed E-state index contributed by atoms with van der Waals surface area (Å²) in [5, 5.41) is 7.86. The average molecular weight is 373 g/mol. The van der Waals surface area contributed by atoms with Crippen molar-refractivity contribution < 1.29 is 9.59 Å². The Morgan fingerprint density at radius 1 is 1.19 bits per heavy atom. The Hall–Kier alpha value is -2.34. The number of hydrogen-bond acceptors (Lipinski definition) is 3. The molecule has 6 nitrogen and oxygen atoms in total. The van der Waals surface area contributed by atoms with Gasteiger partial charge in [0, 0.05) is 19.0 Å². The molecule has 136 valence electrons. The van der Waals surface area contributed by atoms with Gasteiger partial charge >= 0.3 is 0 Å². The fraction of sp³-hybridized carbons (Fsp3) is 0.421. The minimum Gasteiger partial charge on any atom is -0.311 e. The second-order valence-corrected chi connectivity index (χ2v) is 7.35. The maximum Gasteiger partial charge on any atom is 0.230 e. The number of anilines is 2. The molecule has 2 heterocycles. The highest BCUT2D eigenvalue weighted by atomic mass is 35.5. The van der Waals surface area contributed by atoms with Crippen LogP contribution in [0.4, 0.5) is 11.5 Å². The molecule has 2 fully saturated rings. The SMILES string of the molecule is O=C(Nc1ccnn1C1CCCC1)C1CC(=O)N(c2ccccc2Cl)C1. The Morgan fingerprint density at radius 2 is 1.96 bits per heavy atom. The number of amides is 2. The van der Waals surface area contributed by atoms with Gasteiger partial charge in [0.25, 0.3) is 0 Å². The average Bonchev–Trinajstić information content (AvgIpc) is 3.35. The van der Waals surface area contributed by atoms with Gasteiger partial charge in [-0.25, -0.2) is 4.68 Å². The molecule has 1 atom stereocenters. The highest BCUT2D eigenvalue weighted by Gasteiger charge is 2.36. The van der Waals surface area contributed by atoms with Crippen molar-refractivity contribution in [3.63, 3.8) is 0 Å². The van der Waals surface area contributed by atoms with Crippen LogP contribution in [-0.2, 0) is 9.59 Å². The van der Waals surface area contributed by atoms with E-state index in [0.29, 0.717) is 29.1 Å². The van der Waals surface area contributed by atoms with Gasteiger partial charge in [0.05, 0.1) is 28.9 Å². The Morgan fingerprint density at radius 3 is 2.73 bits per heavy atom. The second kappa shape index (κ2) is 7.11. The summed E-state index contributed by atoms with van der Waals surface area (Å²) in [4.78, 5) is 26.7. The lowest BCUT2D eigenvalue weighted by atomic mass is 10.1. The van der Waals surface area contributed by atoms with Gasteiger partial charge in [0.2, 0.25) is 11.8 Å². The lowest BCUT2D eigenvalue weighted by molar-refractivity contribution is -0.122. The Labute approximate surface area is 157 Å². The number of benzene rings is 1. The lowest BCUT2D eigenvalue weighted by Gasteiger charge is -2.18. The van der Waals surface area contributed by atoms with Gasteiger partial charge in [-0.05, 0) is 25.0 Å². The molecule has 0 spiro atoms. The third kappa shape index (κ3) is 3.21. The van der Waals surface area contributed by atoms with Gasteiger partial charge in [-0.15, -0.1) is 0 Å². The molecule has 1 saturated heterocycles. The van der Waals surface area contributed by atoms with Crippen LogP contribution in [0, 0.1) is 5.92 Å². The molecule has 1 unspecified atom stereocenters. The lowest BCUT2D eigenvalue weighted by Crippen LogP contribution is -2.29. The van der Waals surface area contributed by atoms with E-state index in [4.69, 9.17) is 11.6 Å². The monoisotopic (exact) mass is 372 g/mol. The quantitative estimate of drug-likeness (QED) is 0.890. The van der Waals surface area contributed by atoms with Gasteiger partial charge in [-0.1, -0.05) is 36.6 Å². The summed E-state index contributed by atoms with van der Waals surface area (Å²) in [5.74, 6) is 0.0893. The summed E-state index contributed by atoms with van der Waals surface area (Å²) in [5.41, 5.74) is 0.658. The number of rotatable bonds is 4. The molecule has 1 N–H and O–H groups in total. The number of carbonyl (C=O) groups is 2. The van der Waals surface area contributed by atoms with Crippen molar-refractivity contribution in [1.82, 2.24) is 9.78 Å². The molecule has 1 aliphatic carbocycles. The molecule has 26 heavy (non-hydrogen) atoms. The zero-order chi connectivity index (χ0) is 18.1. The third-order valence-electron chi connectivity index (χ3n) is 5.23. The van der Waals surface area contributed by atoms with E-state index in [-0.39, 0.29) is 18.2 Å². The van der Waals surface area contributed by atoms with Gasteiger partial charge < -0.3 is 10.2 Å². The summed E-state index contributed by atoms with van der Waals surface area (Å²) in [6.45, 7) is 0.339. The molecule has 2 aliphatic rings. The van der Waals surface area contributed by atoms with Crippen molar-refractivity contribution in [1.29, 1.82) is 0 Å². The summed E-state index contributed by atoms with van der Waals surface area (Å²) in [6.07, 6.45) is 6.47. The summed E-state index contributed by atoms with van der Waals surface area (Å²) in [6, 6.07) is 9.37. The van der Waals surface area contributed by atoms with Crippen molar-refractivity contribution in [2.75, 3.05) is 16.8 Å². The number of aromatic nitrogens is 2. The van der Waals surface area contributed by atoms with E-state index in [1.807, 2.05) is 22.9 Å². The molecular weight excluding hydrogens is 352 g/mol. The number of hydrogen-bond donors (Lipinski definition) is 1. The van der Waals surface area contributed by atoms with Crippen LogP contribution in [0.25, 0.3) is 0 Å². The highest BCUT2D eigenvalue weighted by molar-refractivity contribution is 6.33. The van der Waals surface area contributed by atoms with E-state index in [9.17, 15) is 9.59 Å². The van der Waals surface area contributed by atoms with E-state index < -0.39 is 5.92 Å². The van der Waals surface area contributed by atoms with Crippen LogP contribution < -0.4 is 10.2 Å². The zero-order valence-electron chi connectivity index (χ0n) is 14.4.